The molecular formula is C14H10F4O. The van der Waals surface area contributed by atoms with Crippen molar-refractivity contribution in [3.05, 3.63) is 70.3 Å². The van der Waals surface area contributed by atoms with Crippen LogP contribution < -0.4 is 0 Å². The summed E-state index contributed by atoms with van der Waals surface area (Å²) < 4.78 is 53.5. The molecule has 0 bridgehead atoms. The number of hydrogen-bond acceptors (Lipinski definition) is 1. The number of halogens is 4. The number of aryl methyl sites for hydroxylation is 1. The lowest BCUT2D eigenvalue weighted by atomic mass is 9.98. The second kappa shape index (κ2) is 5.01. The zero-order valence-electron chi connectivity index (χ0n) is 9.92. The molecule has 1 N–H and O–H groups in total. The second-order valence-electron chi connectivity index (χ2n) is 4.20. The molecule has 100 valence electrons. The Morgan fingerprint density at radius 2 is 1.53 bits per heavy atom. The van der Waals surface area contributed by atoms with Crippen LogP contribution in [0.2, 0.25) is 0 Å². The average molecular weight is 270 g/mol. The van der Waals surface area contributed by atoms with Crippen molar-refractivity contribution in [2.45, 2.75) is 13.0 Å². The monoisotopic (exact) mass is 270 g/mol. The quantitative estimate of drug-likeness (QED) is 0.826. The summed E-state index contributed by atoms with van der Waals surface area (Å²) in [6.45, 7) is 1.40. The van der Waals surface area contributed by atoms with Crippen LogP contribution in [0.4, 0.5) is 17.6 Å². The summed E-state index contributed by atoms with van der Waals surface area (Å²) in [7, 11) is 0. The Labute approximate surface area is 107 Å². The van der Waals surface area contributed by atoms with E-state index in [0.717, 1.165) is 18.2 Å². The van der Waals surface area contributed by atoms with Crippen molar-refractivity contribution in [2.75, 3.05) is 0 Å². The minimum absolute atomic E-state index is 0.132. The van der Waals surface area contributed by atoms with Crippen LogP contribution in [-0.2, 0) is 0 Å². The largest absolute Gasteiger partial charge is 0.383 e. The van der Waals surface area contributed by atoms with Crippen LogP contribution in [0.5, 0.6) is 0 Å². The summed E-state index contributed by atoms with van der Waals surface area (Å²) in [6, 6.07) is 4.47. The van der Waals surface area contributed by atoms with Gasteiger partial charge < -0.3 is 5.11 Å². The summed E-state index contributed by atoms with van der Waals surface area (Å²) in [5, 5.41) is 9.91. The van der Waals surface area contributed by atoms with Crippen molar-refractivity contribution in [1.82, 2.24) is 0 Å². The molecule has 1 nitrogen and oxygen atoms in total. The van der Waals surface area contributed by atoms with E-state index in [4.69, 9.17) is 0 Å². The van der Waals surface area contributed by atoms with Crippen LogP contribution in [-0.4, -0.2) is 5.11 Å². The van der Waals surface area contributed by atoms with E-state index in [1.807, 2.05) is 0 Å². The molecule has 1 unspecified atom stereocenters. The van der Waals surface area contributed by atoms with Gasteiger partial charge in [-0.1, -0.05) is 6.07 Å². The summed E-state index contributed by atoms with van der Waals surface area (Å²) >= 11 is 0. The van der Waals surface area contributed by atoms with Gasteiger partial charge in [0.25, 0.3) is 0 Å². The van der Waals surface area contributed by atoms with Gasteiger partial charge in [-0.3, -0.25) is 0 Å². The van der Waals surface area contributed by atoms with Gasteiger partial charge in [0.2, 0.25) is 0 Å². The van der Waals surface area contributed by atoms with Gasteiger partial charge >= 0.3 is 0 Å². The predicted octanol–water partition coefficient (Wildman–Crippen LogP) is 3.63. The lowest BCUT2D eigenvalue weighted by Gasteiger charge is -2.15. The Hall–Kier alpha value is -1.88. The highest BCUT2D eigenvalue weighted by Gasteiger charge is 2.22. The summed E-state index contributed by atoms with van der Waals surface area (Å²) in [4.78, 5) is 0. The molecule has 0 saturated carbocycles. The highest BCUT2D eigenvalue weighted by molar-refractivity contribution is 5.35. The van der Waals surface area contributed by atoms with Crippen LogP contribution in [0.15, 0.2) is 30.3 Å². The first-order valence-corrected chi connectivity index (χ1v) is 5.48. The van der Waals surface area contributed by atoms with E-state index >= 15 is 0 Å². The summed E-state index contributed by atoms with van der Waals surface area (Å²) in [5.74, 6) is -3.76. The average Bonchev–Trinajstić information content (AvgIpc) is 2.33. The van der Waals surface area contributed by atoms with E-state index < -0.39 is 34.9 Å². The lowest BCUT2D eigenvalue weighted by molar-refractivity contribution is 0.207. The molecule has 0 aliphatic rings. The Kier molecular flexibility index (Phi) is 3.57. The Balaban J connectivity index is 2.55. The van der Waals surface area contributed by atoms with E-state index in [0.29, 0.717) is 6.07 Å². The molecule has 0 fully saturated rings. The van der Waals surface area contributed by atoms with Crippen LogP contribution >= 0.6 is 0 Å². The van der Waals surface area contributed by atoms with Gasteiger partial charge in [-0.25, -0.2) is 17.6 Å². The molecular weight excluding hydrogens is 260 g/mol. The first-order valence-electron chi connectivity index (χ1n) is 5.48. The van der Waals surface area contributed by atoms with Gasteiger partial charge in [0.1, 0.15) is 29.4 Å². The third kappa shape index (κ3) is 2.61. The van der Waals surface area contributed by atoms with Gasteiger partial charge in [0, 0.05) is 6.07 Å². The predicted molar refractivity (Wildman–Crippen MR) is 61.5 cm³/mol. The zero-order valence-corrected chi connectivity index (χ0v) is 9.92. The summed E-state index contributed by atoms with van der Waals surface area (Å²) in [6.07, 6.45) is -1.77. The molecule has 0 amide bonds. The molecule has 19 heavy (non-hydrogen) atoms. The normalized spacial score (nSPS) is 12.5. The highest BCUT2D eigenvalue weighted by atomic mass is 19.1. The number of benzene rings is 2. The fourth-order valence-electron chi connectivity index (χ4n) is 1.83. The molecule has 0 spiro atoms. The maximum atomic E-state index is 13.8. The van der Waals surface area contributed by atoms with Gasteiger partial charge in [-0.2, -0.15) is 0 Å². The number of aliphatic hydroxyl groups excluding tert-OH is 1. The topological polar surface area (TPSA) is 20.2 Å². The smallest absolute Gasteiger partial charge is 0.135 e. The molecule has 2 rings (SSSR count). The third-order valence-electron chi connectivity index (χ3n) is 2.79. The number of aliphatic hydroxyl groups is 1. The molecule has 2 aromatic carbocycles. The molecule has 0 aromatic heterocycles. The van der Waals surface area contributed by atoms with E-state index in [1.54, 1.807) is 0 Å². The SMILES string of the molecule is Cc1ccc(F)c(C(O)c2cc(F)cc(F)c2)c1F. The van der Waals surface area contributed by atoms with Crippen LogP contribution in [0.3, 0.4) is 0 Å². The maximum Gasteiger partial charge on any atom is 0.135 e. The van der Waals surface area contributed by atoms with Crippen LogP contribution in [0.25, 0.3) is 0 Å². The first kappa shape index (κ1) is 13.5. The van der Waals surface area contributed by atoms with E-state index in [1.165, 1.54) is 13.0 Å². The molecule has 0 saturated heterocycles. The van der Waals surface area contributed by atoms with Crippen molar-refractivity contribution >= 4 is 0 Å². The molecule has 5 heteroatoms. The number of hydrogen-bond donors (Lipinski definition) is 1. The Bertz CT molecular complexity index is 605. The van der Waals surface area contributed by atoms with Crippen molar-refractivity contribution in [3.8, 4) is 0 Å². The fraction of sp³-hybridized carbons (Fsp3) is 0.143. The second-order valence-corrected chi connectivity index (χ2v) is 4.20. The lowest BCUT2D eigenvalue weighted by Crippen LogP contribution is -2.08. The van der Waals surface area contributed by atoms with Gasteiger partial charge in [0.15, 0.2) is 0 Å². The van der Waals surface area contributed by atoms with Crippen LogP contribution in [0.1, 0.15) is 22.8 Å². The van der Waals surface area contributed by atoms with Crippen molar-refractivity contribution < 1.29 is 22.7 Å². The van der Waals surface area contributed by atoms with E-state index in [-0.39, 0.29) is 11.1 Å². The highest BCUT2D eigenvalue weighted by Crippen LogP contribution is 2.29. The van der Waals surface area contributed by atoms with Gasteiger partial charge in [0.05, 0.1) is 5.56 Å². The molecule has 0 heterocycles. The first-order chi connectivity index (χ1) is 8.90. The third-order valence-corrected chi connectivity index (χ3v) is 2.79. The van der Waals surface area contributed by atoms with E-state index in [2.05, 4.69) is 0 Å². The van der Waals surface area contributed by atoms with Crippen molar-refractivity contribution in [1.29, 1.82) is 0 Å². The Morgan fingerprint density at radius 1 is 0.947 bits per heavy atom. The minimum atomic E-state index is -1.77. The minimum Gasteiger partial charge on any atom is -0.383 e. The molecule has 0 aliphatic heterocycles. The molecule has 0 radical (unpaired) electrons. The van der Waals surface area contributed by atoms with Crippen LogP contribution in [0, 0.1) is 30.2 Å². The maximum absolute atomic E-state index is 13.8. The van der Waals surface area contributed by atoms with Crippen molar-refractivity contribution in [2.24, 2.45) is 0 Å². The van der Waals surface area contributed by atoms with Gasteiger partial charge in [-0.15, -0.1) is 0 Å². The fourth-order valence-corrected chi connectivity index (χ4v) is 1.83. The van der Waals surface area contributed by atoms with Gasteiger partial charge in [-0.05, 0) is 36.2 Å². The summed E-state index contributed by atoms with van der Waals surface area (Å²) in [5.41, 5.74) is -0.738. The molecule has 1 atom stereocenters. The Morgan fingerprint density at radius 3 is 2.11 bits per heavy atom. The molecule has 2 aromatic rings. The van der Waals surface area contributed by atoms with E-state index in [9.17, 15) is 22.7 Å². The standard InChI is InChI=1S/C14H10F4O/c1-7-2-3-11(17)12(13(7)18)14(19)8-4-9(15)6-10(16)5-8/h2-6,14,19H,1H3. The van der Waals surface area contributed by atoms with Crippen molar-refractivity contribution in [3.63, 3.8) is 0 Å². The number of rotatable bonds is 2. The molecule has 0 aliphatic carbocycles. The zero-order chi connectivity index (χ0) is 14.2.